The molecule has 1 unspecified atom stereocenters. The standard InChI is InChI=1S/C19H30N4O2/c1-13-12-15(8-9-16(13)23-10-6-7-11-23)20-14(2)17(24)21-18(25)22-19(3,4)5/h8-9,12,14,20H,6-7,10-11H2,1-5H3,(H2,21,22,24,25). The van der Waals surface area contributed by atoms with Gasteiger partial charge in [-0.05, 0) is 71.2 Å². The van der Waals surface area contributed by atoms with E-state index in [1.54, 1.807) is 6.92 Å². The number of rotatable bonds is 4. The van der Waals surface area contributed by atoms with E-state index >= 15 is 0 Å². The molecule has 1 aliphatic rings. The molecule has 0 spiro atoms. The summed E-state index contributed by atoms with van der Waals surface area (Å²) in [4.78, 5) is 26.4. The summed E-state index contributed by atoms with van der Waals surface area (Å²) in [5.74, 6) is -0.358. The van der Waals surface area contributed by atoms with Crippen molar-refractivity contribution in [3.8, 4) is 0 Å². The molecule has 0 aromatic heterocycles. The molecular formula is C19H30N4O2. The van der Waals surface area contributed by atoms with Gasteiger partial charge in [0.05, 0.1) is 0 Å². The predicted octanol–water partition coefficient (Wildman–Crippen LogP) is 3.02. The molecule has 1 heterocycles. The van der Waals surface area contributed by atoms with Gasteiger partial charge in [0.25, 0.3) is 0 Å². The SMILES string of the molecule is Cc1cc(NC(C)C(=O)NC(=O)NC(C)(C)C)ccc1N1CCCC1. The fourth-order valence-corrected chi connectivity index (χ4v) is 2.97. The highest BCUT2D eigenvalue weighted by molar-refractivity contribution is 5.98. The monoisotopic (exact) mass is 346 g/mol. The van der Waals surface area contributed by atoms with Crippen molar-refractivity contribution in [1.29, 1.82) is 0 Å². The zero-order valence-electron chi connectivity index (χ0n) is 15.9. The third-order valence-corrected chi connectivity index (χ3v) is 4.15. The van der Waals surface area contributed by atoms with E-state index in [0.717, 1.165) is 18.8 Å². The summed E-state index contributed by atoms with van der Waals surface area (Å²) in [7, 11) is 0. The van der Waals surface area contributed by atoms with Crippen LogP contribution < -0.4 is 20.9 Å². The number of anilines is 2. The van der Waals surface area contributed by atoms with Crippen LogP contribution >= 0.6 is 0 Å². The van der Waals surface area contributed by atoms with E-state index in [4.69, 9.17) is 0 Å². The van der Waals surface area contributed by atoms with Crippen LogP contribution in [-0.2, 0) is 4.79 Å². The maximum absolute atomic E-state index is 12.2. The maximum Gasteiger partial charge on any atom is 0.321 e. The van der Waals surface area contributed by atoms with E-state index < -0.39 is 12.1 Å². The Balaban J connectivity index is 1.93. The molecular weight excluding hydrogens is 316 g/mol. The third kappa shape index (κ3) is 5.66. The summed E-state index contributed by atoms with van der Waals surface area (Å²) < 4.78 is 0. The number of urea groups is 1. The van der Waals surface area contributed by atoms with E-state index in [-0.39, 0.29) is 11.4 Å². The van der Waals surface area contributed by atoms with E-state index in [2.05, 4.69) is 33.8 Å². The van der Waals surface area contributed by atoms with Gasteiger partial charge < -0.3 is 15.5 Å². The predicted molar refractivity (Wildman–Crippen MR) is 102 cm³/mol. The Morgan fingerprint density at radius 1 is 1.16 bits per heavy atom. The highest BCUT2D eigenvalue weighted by Crippen LogP contribution is 2.26. The first-order valence-corrected chi connectivity index (χ1v) is 8.91. The number of nitrogens with one attached hydrogen (secondary N) is 3. The van der Waals surface area contributed by atoms with Crippen LogP contribution in [-0.4, -0.2) is 36.6 Å². The van der Waals surface area contributed by atoms with Crippen molar-refractivity contribution in [3.63, 3.8) is 0 Å². The Morgan fingerprint density at radius 2 is 1.80 bits per heavy atom. The summed E-state index contributed by atoms with van der Waals surface area (Å²) in [5.41, 5.74) is 2.93. The zero-order chi connectivity index (χ0) is 18.6. The minimum atomic E-state index is -0.511. The lowest BCUT2D eigenvalue weighted by atomic mass is 10.1. The van der Waals surface area contributed by atoms with Crippen molar-refractivity contribution in [3.05, 3.63) is 23.8 Å². The zero-order valence-corrected chi connectivity index (χ0v) is 15.9. The summed E-state index contributed by atoms with van der Waals surface area (Å²) in [6.07, 6.45) is 2.49. The summed E-state index contributed by atoms with van der Waals surface area (Å²) in [5, 5.41) is 8.24. The van der Waals surface area contributed by atoms with Gasteiger partial charge in [0.1, 0.15) is 6.04 Å². The molecule has 2 rings (SSSR count). The molecule has 1 fully saturated rings. The van der Waals surface area contributed by atoms with Crippen molar-refractivity contribution in [1.82, 2.24) is 10.6 Å². The number of nitrogens with zero attached hydrogens (tertiary/aromatic N) is 1. The first kappa shape index (κ1) is 19.1. The number of carbonyl (C=O) groups is 2. The van der Waals surface area contributed by atoms with Gasteiger partial charge in [-0.2, -0.15) is 0 Å². The van der Waals surface area contributed by atoms with Crippen LogP contribution in [0.4, 0.5) is 16.2 Å². The highest BCUT2D eigenvalue weighted by Gasteiger charge is 2.20. The van der Waals surface area contributed by atoms with Crippen molar-refractivity contribution in [2.45, 2.75) is 59.0 Å². The average molecular weight is 346 g/mol. The van der Waals surface area contributed by atoms with Crippen molar-refractivity contribution in [2.24, 2.45) is 0 Å². The quantitative estimate of drug-likeness (QED) is 0.783. The molecule has 1 aliphatic heterocycles. The number of benzene rings is 1. The molecule has 25 heavy (non-hydrogen) atoms. The maximum atomic E-state index is 12.2. The van der Waals surface area contributed by atoms with E-state index in [1.165, 1.54) is 24.1 Å². The van der Waals surface area contributed by atoms with Gasteiger partial charge in [-0.1, -0.05) is 0 Å². The Labute approximate surface area is 150 Å². The Morgan fingerprint density at radius 3 is 2.36 bits per heavy atom. The van der Waals surface area contributed by atoms with Gasteiger partial charge >= 0.3 is 6.03 Å². The van der Waals surface area contributed by atoms with Crippen LogP contribution in [0.1, 0.15) is 46.1 Å². The molecule has 3 N–H and O–H groups in total. The number of imide groups is 1. The summed E-state index contributed by atoms with van der Waals surface area (Å²) in [6, 6.07) is 5.14. The molecule has 6 nitrogen and oxygen atoms in total. The van der Waals surface area contributed by atoms with E-state index in [9.17, 15) is 9.59 Å². The van der Waals surface area contributed by atoms with Gasteiger partial charge in [-0.15, -0.1) is 0 Å². The van der Waals surface area contributed by atoms with Crippen LogP contribution in [0.5, 0.6) is 0 Å². The lowest BCUT2D eigenvalue weighted by molar-refractivity contribution is -0.120. The number of amides is 3. The van der Waals surface area contributed by atoms with Gasteiger partial charge in [0.15, 0.2) is 0 Å². The largest absolute Gasteiger partial charge is 0.374 e. The van der Waals surface area contributed by atoms with E-state index in [0.29, 0.717) is 0 Å². The van der Waals surface area contributed by atoms with Gasteiger partial charge in [-0.3, -0.25) is 10.1 Å². The lowest BCUT2D eigenvalue weighted by Crippen LogP contribution is -2.51. The van der Waals surface area contributed by atoms with Crippen LogP contribution in [0.25, 0.3) is 0 Å². The first-order valence-electron chi connectivity index (χ1n) is 8.91. The molecule has 0 aliphatic carbocycles. The molecule has 0 saturated carbocycles. The number of carbonyl (C=O) groups excluding carboxylic acids is 2. The van der Waals surface area contributed by atoms with Gasteiger partial charge in [-0.25, -0.2) is 4.79 Å². The second kappa shape index (κ2) is 7.76. The molecule has 1 atom stereocenters. The molecule has 6 heteroatoms. The fraction of sp³-hybridized carbons (Fsp3) is 0.579. The first-order chi connectivity index (χ1) is 11.7. The summed E-state index contributed by atoms with van der Waals surface area (Å²) in [6.45, 7) is 11.6. The molecule has 0 radical (unpaired) electrons. The second-order valence-electron chi connectivity index (χ2n) is 7.75. The Bertz CT molecular complexity index is 631. The van der Waals surface area contributed by atoms with E-state index in [1.807, 2.05) is 32.9 Å². The Hall–Kier alpha value is -2.24. The molecule has 1 saturated heterocycles. The van der Waals surface area contributed by atoms with Crippen LogP contribution in [0.2, 0.25) is 0 Å². The number of hydrogen-bond donors (Lipinski definition) is 3. The van der Waals surface area contributed by atoms with Crippen molar-refractivity contribution < 1.29 is 9.59 Å². The second-order valence-corrected chi connectivity index (χ2v) is 7.75. The Kier molecular flexibility index (Phi) is 5.93. The van der Waals surface area contributed by atoms with Gasteiger partial charge in [0.2, 0.25) is 5.91 Å². The third-order valence-electron chi connectivity index (χ3n) is 4.15. The summed E-state index contributed by atoms with van der Waals surface area (Å²) >= 11 is 0. The van der Waals surface area contributed by atoms with Crippen LogP contribution in [0.15, 0.2) is 18.2 Å². The molecule has 3 amide bonds. The minimum absolute atomic E-state index is 0.358. The average Bonchev–Trinajstić information content (AvgIpc) is 2.99. The smallest absolute Gasteiger partial charge is 0.321 e. The number of hydrogen-bond acceptors (Lipinski definition) is 4. The van der Waals surface area contributed by atoms with Gasteiger partial charge in [0, 0.05) is 30.0 Å². The van der Waals surface area contributed by atoms with Crippen LogP contribution in [0, 0.1) is 6.92 Å². The highest BCUT2D eigenvalue weighted by atomic mass is 16.2. The van der Waals surface area contributed by atoms with Crippen LogP contribution in [0.3, 0.4) is 0 Å². The van der Waals surface area contributed by atoms with Crippen molar-refractivity contribution in [2.75, 3.05) is 23.3 Å². The normalized spacial score (nSPS) is 15.6. The van der Waals surface area contributed by atoms with Crippen molar-refractivity contribution >= 4 is 23.3 Å². The fourth-order valence-electron chi connectivity index (χ4n) is 2.97. The minimum Gasteiger partial charge on any atom is -0.374 e. The molecule has 0 bridgehead atoms. The molecule has 1 aromatic carbocycles. The number of aryl methyl sites for hydroxylation is 1. The molecule has 1 aromatic rings. The lowest BCUT2D eigenvalue weighted by Gasteiger charge is -2.23. The molecule has 138 valence electrons. The topological polar surface area (TPSA) is 73.5 Å².